The maximum Gasteiger partial charge on any atom is 0.257 e. The van der Waals surface area contributed by atoms with Crippen molar-refractivity contribution in [3.8, 4) is 11.5 Å². The third-order valence-corrected chi connectivity index (χ3v) is 9.33. The van der Waals surface area contributed by atoms with Crippen LogP contribution in [-0.2, 0) is 17.8 Å². The largest absolute Gasteiger partial charge is 0.451 e. The van der Waals surface area contributed by atoms with E-state index in [1.165, 1.54) is 30.1 Å². The van der Waals surface area contributed by atoms with Crippen molar-refractivity contribution in [1.29, 1.82) is 0 Å². The highest BCUT2D eigenvalue weighted by atomic mass is 19.1. The summed E-state index contributed by atoms with van der Waals surface area (Å²) >= 11 is 0. The second kappa shape index (κ2) is 10.7. The number of likely N-dealkylation sites (tertiary alicyclic amines) is 2. The minimum atomic E-state index is -0.473. The Balaban J connectivity index is 1.06. The Morgan fingerprint density at radius 3 is 2.86 bits per heavy atom. The second-order valence-corrected chi connectivity index (χ2v) is 12.3. The molecule has 3 fully saturated rings. The number of nitrogens with zero attached hydrogens (tertiary/aromatic N) is 5. The summed E-state index contributed by atoms with van der Waals surface area (Å²) in [5.41, 5.74) is 3.58. The number of hydrogen-bond donors (Lipinski definition) is 1. The van der Waals surface area contributed by atoms with Gasteiger partial charge in [0.05, 0.1) is 18.2 Å². The molecule has 218 valence electrons. The van der Waals surface area contributed by atoms with Gasteiger partial charge in [-0.3, -0.25) is 14.5 Å². The van der Waals surface area contributed by atoms with E-state index in [-0.39, 0.29) is 28.8 Å². The van der Waals surface area contributed by atoms with Crippen molar-refractivity contribution in [2.75, 3.05) is 42.9 Å². The summed E-state index contributed by atoms with van der Waals surface area (Å²) in [6.45, 7) is 7.21. The highest BCUT2D eigenvalue weighted by molar-refractivity contribution is 5.99. The fourth-order valence-corrected chi connectivity index (χ4v) is 7.12. The molecule has 7 rings (SSSR count). The minimum absolute atomic E-state index is 0.0600. The predicted molar refractivity (Wildman–Crippen MR) is 156 cm³/mol. The van der Waals surface area contributed by atoms with Gasteiger partial charge in [-0.2, -0.15) is 0 Å². The predicted octanol–water partition coefficient (Wildman–Crippen LogP) is 4.63. The molecule has 0 saturated carbocycles. The summed E-state index contributed by atoms with van der Waals surface area (Å²) in [5.74, 6) is 0.823. The Hall–Kier alpha value is -4.05. The number of aromatic nitrogens is 2. The van der Waals surface area contributed by atoms with Crippen molar-refractivity contribution in [2.45, 2.75) is 51.6 Å². The first kappa shape index (κ1) is 26.8. The number of nitrogens with one attached hydrogen (secondary N) is 1. The molecule has 0 radical (unpaired) electrons. The Bertz CT molecular complexity index is 1550. The van der Waals surface area contributed by atoms with Crippen molar-refractivity contribution in [3.63, 3.8) is 0 Å². The number of benzene rings is 2. The van der Waals surface area contributed by atoms with Gasteiger partial charge in [0.15, 0.2) is 11.6 Å². The molecule has 2 atom stereocenters. The lowest BCUT2D eigenvalue weighted by atomic mass is 9.86. The molecular weight excluding hydrogens is 535 g/mol. The lowest BCUT2D eigenvalue weighted by molar-refractivity contribution is -0.115. The SMILES string of the molecule is CC1CCCN1C(=O)c1cc(F)ccc1Oc1cncnc1N1CCC2(CCN(Cc3ccc4c(c3)NC(=O)C4)C2)C1. The van der Waals surface area contributed by atoms with Gasteiger partial charge in [0.25, 0.3) is 5.91 Å². The smallest absolute Gasteiger partial charge is 0.257 e. The molecule has 3 aromatic rings. The van der Waals surface area contributed by atoms with Crippen molar-refractivity contribution in [3.05, 3.63) is 71.4 Å². The van der Waals surface area contributed by atoms with E-state index >= 15 is 0 Å². The van der Waals surface area contributed by atoms with Crippen LogP contribution in [0, 0.1) is 11.2 Å². The summed E-state index contributed by atoms with van der Waals surface area (Å²) < 4.78 is 20.6. The van der Waals surface area contributed by atoms with Crippen LogP contribution in [0.25, 0.3) is 0 Å². The molecule has 2 aromatic carbocycles. The number of hydrogen-bond acceptors (Lipinski definition) is 7. The monoisotopic (exact) mass is 570 g/mol. The molecule has 9 nitrogen and oxygen atoms in total. The number of carbonyl (C=O) groups excluding carboxylic acids is 2. The fourth-order valence-electron chi connectivity index (χ4n) is 7.12. The van der Waals surface area contributed by atoms with Crippen molar-refractivity contribution in [1.82, 2.24) is 19.8 Å². The zero-order valence-electron chi connectivity index (χ0n) is 23.8. The molecular formula is C32H35FN6O3. The minimum Gasteiger partial charge on any atom is -0.451 e. The van der Waals surface area contributed by atoms with Crippen LogP contribution in [0.2, 0.25) is 0 Å². The molecule has 1 N–H and O–H groups in total. The van der Waals surface area contributed by atoms with E-state index in [1.54, 1.807) is 11.1 Å². The summed E-state index contributed by atoms with van der Waals surface area (Å²) in [6, 6.07) is 10.5. The summed E-state index contributed by atoms with van der Waals surface area (Å²) in [7, 11) is 0. The third-order valence-electron chi connectivity index (χ3n) is 9.33. The molecule has 1 spiro atoms. The van der Waals surface area contributed by atoms with Gasteiger partial charge < -0.3 is 19.9 Å². The topological polar surface area (TPSA) is 90.9 Å². The van der Waals surface area contributed by atoms with E-state index in [0.717, 1.165) is 69.7 Å². The number of rotatable bonds is 6. The zero-order chi connectivity index (χ0) is 28.8. The van der Waals surface area contributed by atoms with Crippen LogP contribution in [0.4, 0.5) is 15.9 Å². The zero-order valence-corrected chi connectivity index (χ0v) is 23.8. The van der Waals surface area contributed by atoms with Crippen molar-refractivity contribution >= 4 is 23.3 Å². The maximum absolute atomic E-state index is 14.3. The lowest BCUT2D eigenvalue weighted by Gasteiger charge is -2.26. The fraction of sp³-hybridized carbons (Fsp3) is 0.438. The molecule has 2 amide bonds. The van der Waals surface area contributed by atoms with Crippen LogP contribution in [-0.4, -0.2) is 70.3 Å². The number of halogens is 1. The lowest BCUT2D eigenvalue weighted by Crippen LogP contribution is -2.34. The van der Waals surface area contributed by atoms with Crippen LogP contribution in [0.3, 0.4) is 0 Å². The molecule has 0 bridgehead atoms. The molecule has 10 heteroatoms. The van der Waals surface area contributed by atoms with Crippen LogP contribution in [0.1, 0.15) is 54.1 Å². The molecule has 3 saturated heterocycles. The number of anilines is 2. The second-order valence-electron chi connectivity index (χ2n) is 12.3. The van der Waals surface area contributed by atoms with E-state index in [1.807, 2.05) is 6.92 Å². The Morgan fingerprint density at radius 1 is 1.12 bits per heavy atom. The summed E-state index contributed by atoms with van der Waals surface area (Å²) in [4.78, 5) is 40.5. The highest BCUT2D eigenvalue weighted by Crippen LogP contribution is 2.43. The molecule has 0 aliphatic carbocycles. The number of ether oxygens (including phenoxy) is 1. The van der Waals surface area contributed by atoms with Crippen molar-refractivity contribution in [2.24, 2.45) is 5.41 Å². The van der Waals surface area contributed by atoms with Gasteiger partial charge in [-0.15, -0.1) is 0 Å². The highest BCUT2D eigenvalue weighted by Gasteiger charge is 2.44. The van der Waals surface area contributed by atoms with Crippen LogP contribution in [0.15, 0.2) is 48.9 Å². The molecule has 4 aliphatic heterocycles. The van der Waals surface area contributed by atoms with Crippen LogP contribution < -0.4 is 15.0 Å². The van der Waals surface area contributed by atoms with Gasteiger partial charge in [0.2, 0.25) is 5.91 Å². The van der Waals surface area contributed by atoms with Gasteiger partial charge in [0.1, 0.15) is 17.9 Å². The molecule has 4 aliphatic rings. The van der Waals surface area contributed by atoms with Gasteiger partial charge in [-0.1, -0.05) is 12.1 Å². The van der Waals surface area contributed by atoms with Gasteiger partial charge in [-0.05, 0) is 74.5 Å². The van der Waals surface area contributed by atoms with Gasteiger partial charge >= 0.3 is 0 Å². The van der Waals surface area contributed by atoms with E-state index in [2.05, 4.69) is 43.3 Å². The number of amides is 2. The average molecular weight is 571 g/mol. The van der Waals surface area contributed by atoms with E-state index in [0.29, 0.717) is 30.3 Å². The number of fused-ring (bicyclic) bond motifs is 1. The number of carbonyl (C=O) groups is 2. The van der Waals surface area contributed by atoms with Crippen molar-refractivity contribution < 1.29 is 18.7 Å². The average Bonchev–Trinajstić information content (AvgIpc) is 3.77. The Kier molecular flexibility index (Phi) is 6.80. The van der Waals surface area contributed by atoms with Gasteiger partial charge in [-0.25, -0.2) is 14.4 Å². The van der Waals surface area contributed by atoms with Gasteiger partial charge in [0, 0.05) is 49.9 Å². The van der Waals surface area contributed by atoms with E-state index in [9.17, 15) is 14.0 Å². The van der Waals surface area contributed by atoms with E-state index < -0.39 is 5.82 Å². The maximum atomic E-state index is 14.3. The third kappa shape index (κ3) is 5.08. The summed E-state index contributed by atoms with van der Waals surface area (Å²) in [5, 5.41) is 2.96. The van der Waals surface area contributed by atoms with Crippen LogP contribution >= 0.6 is 0 Å². The van der Waals surface area contributed by atoms with Crippen LogP contribution in [0.5, 0.6) is 11.5 Å². The molecule has 1 aromatic heterocycles. The van der Waals surface area contributed by atoms with E-state index in [4.69, 9.17) is 4.74 Å². The first-order valence-corrected chi connectivity index (χ1v) is 14.8. The first-order valence-electron chi connectivity index (χ1n) is 14.8. The summed E-state index contributed by atoms with van der Waals surface area (Å²) in [6.07, 6.45) is 7.61. The standard InChI is InChI=1S/C32H35FN6O3/c1-21-3-2-10-39(21)31(41)25-15-24(33)6-7-27(25)42-28-16-34-20-35-30(28)38-12-9-32(19-38)8-11-37(18-32)17-22-4-5-23-14-29(40)36-26(23)13-22/h4-7,13,15-16,20-21H,2-3,8-12,14,17-19H2,1H3,(H,36,40). The molecule has 5 heterocycles. The first-order chi connectivity index (χ1) is 20.4. The Morgan fingerprint density at radius 2 is 2.00 bits per heavy atom. The molecule has 42 heavy (non-hydrogen) atoms. The normalized spacial score (nSPS) is 23.6. The Labute approximate surface area is 244 Å². The quantitative estimate of drug-likeness (QED) is 0.462. The molecule has 2 unspecified atom stereocenters.